The molecule has 0 radical (unpaired) electrons. The van der Waals surface area contributed by atoms with Crippen molar-refractivity contribution < 1.29 is 0 Å². The van der Waals surface area contributed by atoms with Crippen molar-refractivity contribution in [3.63, 3.8) is 0 Å². The first-order chi connectivity index (χ1) is 9.81. The summed E-state index contributed by atoms with van der Waals surface area (Å²) in [5, 5.41) is 3.47. The molecule has 2 rings (SSSR count). The second-order valence-electron chi connectivity index (χ2n) is 6.08. The third-order valence-electron chi connectivity index (χ3n) is 4.30. The highest BCUT2D eigenvalue weighted by Gasteiger charge is 2.19. The highest BCUT2D eigenvalue weighted by atomic mass is 14.8. The minimum atomic E-state index is 0.750. The highest BCUT2D eigenvalue weighted by Crippen LogP contribution is 2.35. The predicted octanol–water partition coefficient (Wildman–Crippen LogP) is 4.83. The first kappa shape index (κ1) is 15.3. The number of benzene rings is 1. The van der Waals surface area contributed by atoms with Gasteiger partial charge in [-0.15, -0.1) is 0 Å². The summed E-state index contributed by atoms with van der Waals surface area (Å²) in [5.74, 6) is 0.750. The van der Waals surface area contributed by atoms with Crippen LogP contribution in [0.1, 0.15) is 63.0 Å². The lowest BCUT2D eigenvalue weighted by molar-refractivity contribution is 0.547. The van der Waals surface area contributed by atoms with Crippen LogP contribution in [0.15, 0.2) is 35.9 Å². The lowest BCUT2D eigenvalue weighted by atomic mass is 9.79. The van der Waals surface area contributed by atoms with E-state index < -0.39 is 0 Å². The Hall–Kier alpha value is -1.08. The molecule has 0 saturated heterocycles. The Morgan fingerprint density at radius 1 is 1.30 bits per heavy atom. The summed E-state index contributed by atoms with van der Waals surface area (Å²) in [6.45, 7) is 6.78. The Labute approximate surface area is 124 Å². The number of allylic oxidation sites excluding steroid dienone is 1. The molecule has 1 atom stereocenters. The van der Waals surface area contributed by atoms with Crippen LogP contribution in [0.4, 0.5) is 0 Å². The molecule has 0 heterocycles. The first-order valence-corrected chi connectivity index (χ1v) is 8.25. The lowest BCUT2D eigenvalue weighted by Crippen LogP contribution is -2.15. The molecule has 110 valence electrons. The molecule has 1 nitrogen and oxygen atoms in total. The number of fused-ring (bicyclic) bond motifs is 1. The Balaban J connectivity index is 1.86. The predicted molar refractivity (Wildman–Crippen MR) is 88.3 cm³/mol. The number of rotatable bonds is 7. The van der Waals surface area contributed by atoms with Gasteiger partial charge in [0.05, 0.1) is 0 Å². The van der Waals surface area contributed by atoms with E-state index in [1.165, 1.54) is 38.5 Å². The zero-order valence-corrected chi connectivity index (χ0v) is 13.1. The summed E-state index contributed by atoms with van der Waals surface area (Å²) in [6, 6.07) is 9.04. The normalized spacial score (nSPS) is 18.9. The molecule has 0 aliphatic heterocycles. The van der Waals surface area contributed by atoms with Gasteiger partial charge >= 0.3 is 0 Å². The number of hydrogen-bond acceptors (Lipinski definition) is 1. The van der Waals surface area contributed by atoms with E-state index in [0.29, 0.717) is 0 Å². The smallest absolute Gasteiger partial charge is 0.00142 e. The molecule has 0 aromatic heterocycles. The van der Waals surface area contributed by atoms with Crippen LogP contribution in [0.2, 0.25) is 0 Å². The van der Waals surface area contributed by atoms with E-state index in [0.717, 1.165) is 19.0 Å². The van der Waals surface area contributed by atoms with E-state index in [2.05, 4.69) is 49.5 Å². The molecule has 1 heteroatoms. The van der Waals surface area contributed by atoms with Gasteiger partial charge in [0.15, 0.2) is 0 Å². The van der Waals surface area contributed by atoms with Crippen LogP contribution < -0.4 is 5.32 Å². The molecule has 0 fully saturated rings. The fourth-order valence-electron chi connectivity index (χ4n) is 3.26. The molecule has 1 unspecified atom stereocenters. The van der Waals surface area contributed by atoms with Gasteiger partial charge in [-0.1, -0.05) is 42.8 Å². The maximum Gasteiger partial charge on any atom is -0.00142 e. The van der Waals surface area contributed by atoms with Gasteiger partial charge in [0, 0.05) is 0 Å². The Morgan fingerprint density at radius 2 is 2.15 bits per heavy atom. The van der Waals surface area contributed by atoms with E-state index >= 15 is 0 Å². The minimum Gasteiger partial charge on any atom is -0.316 e. The third kappa shape index (κ3) is 4.49. The van der Waals surface area contributed by atoms with Crippen molar-refractivity contribution in [2.45, 2.75) is 58.3 Å². The van der Waals surface area contributed by atoms with Gasteiger partial charge in [0.25, 0.3) is 0 Å². The molecule has 1 aliphatic carbocycles. The van der Waals surface area contributed by atoms with Crippen LogP contribution in [0, 0.1) is 0 Å². The number of aryl methyl sites for hydroxylation is 1. The SMILES string of the molecule is CCCNCCC=C(C)CC1CCCc2ccccc21. The number of hydrogen-bond donors (Lipinski definition) is 1. The summed E-state index contributed by atoms with van der Waals surface area (Å²) in [5.41, 5.74) is 4.75. The van der Waals surface area contributed by atoms with Crippen LogP contribution in [0.3, 0.4) is 0 Å². The molecule has 0 amide bonds. The fraction of sp³-hybridized carbons (Fsp3) is 0.579. The summed E-state index contributed by atoms with van der Waals surface area (Å²) < 4.78 is 0. The van der Waals surface area contributed by atoms with Crippen molar-refractivity contribution in [1.82, 2.24) is 5.32 Å². The van der Waals surface area contributed by atoms with Crippen molar-refractivity contribution in [2.75, 3.05) is 13.1 Å². The van der Waals surface area contributed by atoms with Crippen molar-refractivity contribution >= 4 is 0 Å². The molecule has 1 aromatic carbocycles. The second-order valence-corrected chi connectivity index (χ2v) is 6.08. The van der Waals surface area contributed by atoms with Crippen molar-refractivity contribution in [2.24, 2.45) is 0 Å². The van der Waals surface area contributed by atoms with Crippen LogP contribution in [-0.2, 0) is 6.42 Å². The molecule has 0 bridgehead atoms. The largest absolute Gasteiger partial charge is 0.316 e. The average Bonchev–Trinajstić information content (AvgIpc) is 2.47. The van der Waals surface area contributed by atoms with Crippen molar-refractivity contribution in [1.29, 1.82) is 0 Å². The van der Waals surface area contributed by atoms with Gasteiger partial charge in [0.1, 0.15) is 0 Å². The molecule has 1 aromatic rings. The topological polar surface area (TPSA) is 12.0 Å². The molecular formula is C19H29N. The summed E-state index contributed by atoms with van der Waals surface area (Å²) in [4.78, 5) is 0. The first-order valence-electron chi connectivity index (χ1n) is 8.25. The Bertz CT molecular complexity index is 433. The zero-order chi connectivity index (χ0) is 14.2. The van der Waals surface area contributed by atoms with Gasteiger partial charge in [-0.2, -0.15) is 0 Å². The summed E-state index contributed by atoms with van der Waals surface area (Å²) in [6.07, 6.45) is 10.0. The quantitative estimate of drug-likeness (QED) is 0.553. The molecule has 0 saturated carbocycles. The van der Waals surface area contributed by atoms with Gasteiger partial charge in [-0.3, -0.25) is 0 Å². The summed E-state index contributed by atoms with van der Waals surface area (Å²) >= 11 is 0. The molecule has 1 N–H and O–H groups in total. The minimum absolute atomic E-state index is 0.750. The maximum absolute atomic E-state index is 3.47. The van der Waals surface area contributed by atoms with Crippen molar-refractivity contribution in [3.8, 4) is 0 Å². The summed E-state index contributed by atoms with van der Waals surface area (Å²) in [7, 11) is 0. The van der Waals surface area contributed by atoms with Crippen LogP contribution in [0.5, 0.6) is 0 Å². The van der Waals surface area contributed by atoms with Gasteiger partial charge in [-0.25, -0.2) is 0 Å². The van der Waals surface area contributed by atoms with Crippen molar-refractivity contribution in [3.05, 3.63) is 47.0 Å². The van der Waals surface area contributed by atoms with Gasteiger partial charge in [0.2, 0.25) is 0 Å². The number of nitrogens with one attached hydrogen (secondary N) is 1. The third-order valence-corrected chi connectivity index (χ3v) is 4.30. The molecule has 20 heavy (non-hydrogen) atoms. The van der Waals surface area contributed by atoms with E-state index in [4.69, 9.17) is 0 Å². The van der Waals surface area contributed by atoms with E-state index in [1.54, 1.807) is 16.7 Å². The highest BCUT2D eigenvalue weighted by molar-refractivity contribution is 5.33. The average molecular weight is 271 g/mol. The Morgan fingerprint density at radius 3 is 3.00 bits per heavy atom. The zero-order valence-electron chi connectivity index (χ0n) is 13.1. The van der Waals surface area contributed by atoms with Crippen LogP contribution >= 0.6 is 0 Å². The lowest BCUT2D eigenvalue weighted by Gasteiger charge is -2.25. The standard InChI is InChI=1S/C19H29N/c1-3-13-20-14-7-8-16(2)15-18-11-6-10-17-9-4-5-12-19(17)18/h4-5,8-9,12,18,20H,3,6-7,10-11,13-15H2,1-2H3. The van der Waals surface area contributed by atoms with E-state index in [1.807, 2.05) is 0 Å². The molecular weight excluding hydrogens is 242 g/mol. The Kier molecular flexibility index (Phi) is 6.32. The van der Waals surface area contributed by atoms with Gasteiger partial charge < -0.3 is 5.32 Å². The van der Waals surface area contributed by atoms with Gasteiger partial charge in [-0.05, 0) is 75.6 Å². The van der Waals surface area contributed by atoms with Crippen LogP contribution in [-0.4, -0.2) is 13.1 Å². The van der Waals surface area contributed by atoms with E-state index in [-0.39, 0.29) is 0 Å². The second kappa shape index (κ2) is 8.26. The van der Waals surface area contributed by atoms with E-state index in [9.17, 15) is 0 Å². The maximum atomic E-state index is 3.47. The van der Waals surface area contributed by atoms with Crippen LogP contribution in [0.25, 0.3) is 0 Å². The molecule has 0 spiro atoms. The fourth-order valence-corrected chi connectivity index (χ4v) is 3.26. The molecule has 1 aliphatic rings. The monoisotopic (exact) mass is 271 g/mol.